The Bertz CT molecular complexity index is 126. The van der Waals surface area contributed by atoms with E-state index in [2.05, 4.69) is 19.6 Å². The Hall–Kier alpha value is -0.260. The molecule has 1 aliphatic rings. The first-order chi connectivity index (χ1) is 5.86. The van der Waals surface area contributed by atoms with Gasteiger partial charge < -0.3 is 0 Å². The molecule has 0 aliphatic heterocycles. The maximum atomic E-state index is 3.90. The number of unbranched alkanes of at least 4 members (excludes halogenated alkanes) is 1. The van der Waals surface area contributed by atoms with Crippen molar-refractivity contribution in [2.45, 2.75) is 51.9 Å². The lowest BCUT2D eigenvalue weighted by Gasteiger charge is -2.26. The predicted octanol–water partition coefficient (Wildman–Crippen LogP) is 4.17. The van der Waals surface area contributed by atoms with Crippen molar-refractivity contribution in [3.8, 4) is 0 Å². The predicted molar refractivity (Wildman–Crippen MR) is 55.2 cm³/mol. The molecule has 70 valence electrons. The molecule has 0 nitrogen and oxygen atoms in total. The minimum absolute atomic E-state index is 0.834. The number of hydrogen-bond donors (Lipinski definition) is 0. The van der Waals surface area contributed by atoms with Crippen LogP contribution in [-0.2, 0) is 0 Å². The first-order valence-electron chi connectivity index (χ1n) is 5.49. The molecule has 2 atom stereocenters. The van der Waals surface area contributed by atoms with Gasteiger partial charge in [-0.2, -0.15) is 0 Å². The van der Waals surface area contributed by atoms with Crippen molar-refractivity contribution in [1.82, 2.24) is 0 Å². The van der Waals surface area contributed by atoms with Crippen LogP contribution in [0.1, 0.15) is 51.9 Å². The van der Waals surface area contributed by atoms with Gasteiger partial charge in [0.1, 0.15) is 0 Å². The van der Waals surface area contributed by atoms with E-state index in [1.165, 1.54) is 44.9 Å². The van der Waals surface area contributed by atoms with Crippen LogP contribution in [0.25, 0.3) is 0 Å². The van der Waals surface area contributed by atoms with E-state index >= 15 is 0 Å². The Morgan fingerprint density at radius 1 is 1.42 bits per heavy atom. The summed E-state index contributed by atoms with van der Waals surface area (Å²) in [5.41, 5.74) is 0. The van der Waals surface area contributed by atoms with Crippen molar-refractivity contribution in [2.75, 3.05) is 0 Å². The summed E-state index contributed by atoms with van der Waals surface area (Å²) in [4.78, 5) is 0. The molecule has 0 aromatic heterocycles. The highest BCUT2D eigenvalue weighted by atomic mass is 14.2. The maximum Gasteiger partial charge on any atom is -0.0234 e. The van der Waals surface area contributed by atoms with E-state index in [-0.39, 0.29) is 0 Å². The van der Waals surface area contributed by atoms with Crippen molar-refractivity contribution < 1.29 is 0 Å². The fourth-order valence-corrected chi connectivity index (χ4v) is 2.30. The molecule has 0 spiro atoms. The van der Waals surface area contributed by atoms with Crippen molar-refractivity contribution in [3.05, 3.63) is 12.7 Å². The molecule has 0 radical (unpaired) electrons. The van der Waals surface area contributed by atoms with Gasteiger partial charge in [-0.1, -0.05) is 45.1 Å². The van der Waals surface area contributed by atoms with Crippen LogP contribution in [0.5, 0.6) is 0 Å². The van der Waals surface area contributed by atoms with Gasteiger partial charge in [-0.05, 0) is 24.7 Å². The maximum absolute atomic E-state index is 3.90. The van der Waals surface area contributed by atoms with E-state index in [0.29, 0.717) is 0 Å². The van der Waals surface area contributed by atoms with E-state index in [9.17, 15) is 0 Å². The number of allylic oxidation sites excluding steroid dienone is 1. The molecule has 0 saturated heterocycles. The molecule has 0 heterocycles. The summed E-state index contributed by atoms with van der Waals surface area (Å²) in [7, 11) is 0. The highest BCUT2D eigenvalue weighted by Gasteiger charge is 2.18. The summed E-state index contributed by atoms with van der Waals surface area (Å²) >= 11 is 0. The monoisotopic (exact) mass is 166 g/mol. The molecular formula is C12H22. The summed E-state index contributed by atoms with van der Waals surface area (Å²) in [6.07, 6.45) is 12.1. The summed E-state index contributed by atoms with van der Waals surface area (Å²) in [5, 5.41) is 0. The minimum atomic E-state index is 0.834. The molecule has 0 bridgehead atoms. The average Bonchev–Trinajstić information content (AvgIpc) is 2.15. The molecule has 1 saturated carbocycles. The Balaban J connectivity index is 2.20. The van der Waals surface area contributed by atoms with Gasteiger partial charge in [0.2, 0.25) is 0 Å². The average molecular weight is 166 g/mol. The normalized spacial score (nSPS) is 30.1. The van der Waals surface area contributed by atoms with Gasteiger partial charge in [0.05, 0.1) is 0 Å². The van der Waals surface area contributed by atoms with Crippen LogP contribution in [-0.4, -0.2) is 0 Å². The molecule has 0 aromatic carbocycles. The van der Waals surface area contributed by atoms with E-state index < -0.39 is 0 Å². The summed E-state index contributed by atoms with van der Waals surface area (Å²) in [6.45, 7) is 6.18. The largest absolute Gasteiger partial charge is 0.103 e. The van der Waals surface area contributed by atoms with Crippen LogP contribution < -0.4 is 0 Å². The van der Waals surface area contributed by atoms with E-state index in [1.54, 1.807) is 0 Å². The summed E-state index contributed by atoms with van der Waals surface area (Å²) < 4.78 is 0. The Kier molecular flexibility index (Phi) is 4.42. The van der Waals surface area contributed by atoms with Gasteiger partial charge in [0, 0.05) is 0 Å². The van der Waals surface area contributed by atoms with Crippen molar-refractivity contribution in [3.63, 3.8) is 0 Å². The molecule has 12 heavy (non-hydrogen) atoms. The van der Waals surface area contributed by atoms with Gasteiger partial charge in [-0.25, -0.2) is 0 Å². The highest BCUT2D eigenvalue weighted by Crippen LogP contribution is 2.32. The fraction of sp³-hybridized carbons (Fsp3) is 0.833. The second kappa shape index (κ2) is 5.40. The lowest BCUT2D eigenvalue weighted by Crippen LogP contribution is -2.13. The van der Waals surface area contributed by atoms with Crippen molar-refractivity contribution >= 4 is 0 Å². The standard InChI is InChI=1S/C12H22/c1-3-5-7-12-9-6-8-11(4-2)10-12/h4,11-12H,2-3,5-10H2,1H3. The van der Waals surface area contributed by atoms with Crippen LogP contribution in [0, 0.1) is 11.8 Å². The van der Waals surface area contributed by atoms with Gasteiger partial charge >= 0.3 is 0 Å². The van der Waals surface area contributed by atoms with Crippen LogP contribution in [0.2, 0.25) is 0 Å². The third-order valence-electron chi connectivity index (χ3n) is 3.12. The first kappa shape index (κ1) is 9.83. The molecule has 1 fully saturated rings. The molecular weight excluding hydrogens is 144 g/mol. The Morgan fingerprint density at radius 2 is 2.25 bits per heavy atom. The topological polar surface area (TPSA) is 0 Å². The van der Waals surface area contributed by atoms with Crippen molar-refractivity contribution in [2.24, 2.45) is 11.8 Å². The zero-order valence-corrected chi connectivity index (χ0v) is 8.39. The number of rotatable bonds is 4. The first-order valence-corrected chi connectivity index (χ1v) is 5.49. The molecule has 2 unspecified atom stereocenters. The SMILES string of the molecule is C=CC1CCCC(CCCC)C1. The Labute approximate surface area is 77.1 Å². The molecule has 1 rings (SSSR count). The third kappa shape index (κ3) is 3.00. The van der Waals surface area contributed by atoms with Crippen molar-refractivity contribution in [1.29, 1.82) is 0 Å². The minimum Gasteiger partial charge on any atom is -0.103 e. The second-order valence-electron chi connectivity index (χ2n) is 4.17. The van der Waals surface area contributed by atoms with E-state index in [0.717, 1.165) is 11.8 Å². The third-order valence-corrected chi connectivity index (χ3v) is 3.12. The summed E-state index contributed by atoms with van der Waals surface area (Å²) in [5.74, 6) is 1.85. The second-order valence-corrected chi connectivity index (χ2v) is 4.17. The smallest absolute Gasteiger partial charge is 0.0234 e. The van der Waals surface area contributed by atoms with Crippen LogP contribution >= 0.6 is 0 Å². The van der Waals surface area contributed by atoms with E-state index in [1.807, 2.05) is 0 Å². The lowest BCUT2D eigenvalue weighted by molar-refractivity contribution is 0.285. The van der Waals surface area contributed by atoms with Crippen LogP contribution in [0.15, 0.2) is 12.7 Å². The molecule has 0 N–H and O–H groups in total. The Morgan fingerprint density at radius 3 is 2.92 bits per heavy atom. The van der Waals surface area contributed by atoms with Gasteiger partial charge in [0.15, 0.2) is 0 Å². The summed E-state index contributed by atoms with van der Waals surface area (Å²) in [6, 6.07) is 0. The number of hydrogen-bond acceptors (Lipinski definition) is 0. The quantitative estimate of drug-likeness (QED) is 0.550. The van der Waals surface area contributed by atoms with Gasteiger partial charge in [-0.3, -0.25) is 0 Å². The van der Waals surface area contributed by atoms with Gasteiger partial charge in [0.25, 0.3) is 0 Å². The highest BCUT2D eigenvalue weighted by molar-refractivity contribution is 4.84. The van der Waals surface area contributed by atoms with Crippen LogP contribution in [0.4, 0.5) is 0 Å². The molecule has 0 heteroatoms. The fourth-order valence-electron chi connectivity index (χ4n) is 2.30. The van der Waals surface area contributed by atoms with Crippen LogP contribution in [0.3, 0.4) is 0 Å². The molecule has 1 aliphatic carbocycles. The molecule has 0 amide bonds. The molecule has 0 aromatic rings. The van der Waals surface area contributed by atoms with E-state index in [4.69, 9.17) is 0 Å². The van der Waals surface area contributed by atoms with Gasteiger partial charge in [-0.15, -0.1) is 6.58 Å². The zero-order chi connectivity index (χ0) is 8.81. The zero-order valence-electron chi connectivity index (χ0n) is 8.39. The lowest BCUT2D eigenvalue weighted by atomic mass is 9.79.